The summed E-state index contributed by atoms with van der Waals surface area (Å²) in [6.07, 6.45) is -2.54. The van der Waals surface area contributed by atoms with Crippen molar-refractivity contribution < 1.29 is 22.8 Å². The van der Waals surface area contributed by atoms with Crippen LogP contribution in [-0.4, -0.2) is 66.7 Å². The lowest BCUT2D eigenvalue weighted by Gasteiger charge is -2.35. The van der Waals surface area contributed by atoms with Gasteiger partial charge in [-0.3, -0.25) is 14.6 Å². The van der Waals surface area contributed by atoms with Gasteiger partial charge in [0.25, 0.3) is 11.8 Å². The molecule has 3 heterocycles. The van der Waals surface area contributed by atoms with E-state index in [9.17, 15) is 22.8 Å². The zero-order valence-electron chi connectivity index (χ0n) is 22.6. The van der Waals surface area contributed by atoms with E-state index >= 15 is 0 Å². The number of amides is 2. The van der Waals surface area contributed by atoms with Crippen LogP contribution in [0.25, 0.3) is 10.4 Å². The van der Waals surface area contributed by atoms with E-state index in [1.807, 2.05) is 25.1 Å². The van der Waals surface area contributed by atoms with Crippen molar-refractivity contribution in [3.05, 3.63) is 81.7 Å². The van der Waals surface area contributed by atoms with Crippen LogP contribution in [0.5, 0.6) is 0 Å². The van der Waals surface area contributed by atoms with Gasteiger partial charge in [0.2, 0.25) is 0 Å². The smallest absolute Gasteiger partial charge is 0.345 e. The molecule has 5 rings (SSSR count). The number of likely N-dealkylation sites (tertiary alicyclic amines) is 1. The summed E-state index contributed by atoms with van der Waals surface area (Å²) in [6.45, 7) is 4.24. The Bertz CT molecular complexity index is 1470. The van der Waals surface area contributed by atoms with E-state index < -0.39 is 17.3 Å². The fourth-order valence-electron chi connectivity index (χ4n) is 5.24. The molecule has 0 atom stereocenters. The standard InChI is InChI=1S/C30H31F3N4O2S/c1-19-17-21(27(38)36(2)3)7-9-24(19)25-10-8-23(40-25)11-14-37-15-12-29(13-16-37)28(39)34-26(35-29)20-5-4-6-22(18-20)30(31,32)33/h4-10,17-18H,11-16H2,1-3H3,(H,34,35,39). The maximum Gasteiger partial charge on any atom is 0.416 e. The van der Waals surface area contributed by atoms with Crippen LogP contribution in [0.2, 0.25) is 0 Å². The van der Waals surface area contributed by atoms with E-state index in [0.29, 0.717) is 31.5 Å². The molecule has 3 aromatic rings. The molecule has 6 nitrogen and oxygen atoms in total. The minimum absolute atomic E-state index is 0.0162. The van der Waals surface area contributed by atoms with Crippen LogP contribution in [0, 0.1) is 6.92 Å². The second-order valence-corrected chi connectivity index (χ2v) is 11.8. The number of halogens is 3. The SMILES string of the molecule is Cc1cc(C(=O)N(C)C)ccc1-c1ccc(CCN2CCC3(CC2)N=C(c2cccc(C(F)(F)F)c2)NC3=O)s1. The predicted molar refractivity (Wildman–Crippen MR) is 151 cm³/mol. The van der Waals surface area contributed by atoms with Crippen molar-refractivity contribution in [2.75, 3.05) is 33.7 Å². The van der Waals surface area contributed by atoms with Crippen molar-refractivity contribution >= 4 is 29.0 Å². The Labute approximate surface area is 235 Å². The molecule has 0 unspecified atom stereocenters. The number of hydrogen-bond donors (Lipinski definition) is 1. The van der Waals surface area contributed by atoms with Crippen LogP contribution in [0.4, 0.5) is 13.2 Å². The Morgan fingerprint density at radius 2 is 1.85 bits per heavy atom. The molecule has 1 spiro atoms. The molecule has 2 amide bonds. The van der Waals surface area contributed by atoms with E-state index in [4.69, 9.17) is 0 Å². The summed E-state index contributed by atoms with van der Waals surface area (Å²) >= 11 is 1.74. The third-order valence-electron chi connectivity index (χ3n) is 7.61. The van der Waals surface area contributed by atoms with E-state index in [2.05, 4.69) is 27.3 Å². The number of benzene rings is 2. The average Bonchev–Trinajstić information content (AvgIpc) is 3.52. The first-order valence-electron chi connectivity index (χ1n) is 13.2. The third-order valence-corrected chi connectivity index (χ3v) is 8.79. The fourth-order valence-corrected chi connectivity index (χ4v) is 6.33. The van der Waals surface area contributed by atoms with Gasteiger partial charge in [0.05, 0.1) is 5.56 Å². The second kappa shape index (κ2) is 10.8. The lowest BCUT2D eigenvalue weighted by atomic mass is 9.88. The Kier molecular flexibility index (Phi) is 7.58. The largest absolute Gasteiger partial charge is 0.416 e. The van der Waals surface area contributed by atoms with Gasteiger partial charge >= 0.3 is 6.18 Å². The summed E-state index contributed by atoms with van der Waals surface area (Å²) in [5.41, 5.74) is 1.43. The van der Waals surface area contributed by atoms with Crippen molar-refractivity contribution in [2.24, 2.45) is 4.99 Å². The number of nitrogens with zero attached hydrogens (tertiary/aromatic N) is 3. The molecule has 40 heavy (non-hydrogen) atoms. The van der Waals surface area contributed by atoms with Gasteiger partial charge in [-0.15, -0.1) is 11.3 Å². The van der Waals surface area contributed by atoms with Gasteiger partial charge in [0.15, 0.2) is 0 Å². The molecule has 210 valence electrons. The van der Waals surface area contributed by atoms with Crippen LogP contribution in [0.15, 0.2) is 59.6 Å². The van der Waals surface area contributed by atoms with Crippen LogP contribution in [0.1, 0.15) is 44.8 Å². The maximum atomic E-state index is 13.1. The highest BCUT2D eigenvalue weighted by Crippen LogP contribution is 2.34. The molecular formula is C30H31F3N4O2S. The molecule has 0 bridgehead atoms. The molecule has 2 aliphatic rings. The van der Waals surface area contributed by atoms with E-state index in [1.165, 1.54) is 17.0 Å². The number of carbonyl (C=O) groups excluding carboxylic acids is 2. The van der Waals surface area contributed by atoms with E-state index in [-0.39, 0.29) is 23.2 Å². The van der Waals surface area contributed by atoms with Gasteiger partial charge in [-0.25, -0.2) is 0 Å². The average molecular weight is 569 g/mol. The van der Waals surface area contributed by atoms with E-state index in [1.54, 1.807) is 30.3 Å². The molecule has 1 aromatic heterocycles. The highest BCUT2D eigenvalue weighted by molar-refractivity contribution is 7.15. The first-order valence-corrected chi connectivity index (χ1v) is 14.0. The monoisotopic (exact) mass is 568 g/mol. The maximum absolute atomic E-state index is 13.1. The van der Waals surface area contributed by atoms with Gasteiger partial charge in [-0.1, -0.05) is 18.2 Å². The van der Waals surface area contributed by atoms with Crippen molar-refractivity contribution in [2.45, 2.75) is 37.9 Å². The first kappa shape index (κ1) is 28.0. The van der Waals surface area contributed by atoms with Crippen LogP contribution in [-0.2, 0) is 17.4 Å². The van der Waals surface area contributed by atoms with Gasteiger partial charge in [-0.05, 0) is 73.7 Å². The number of aliphatic imine (C=N–C) groups is 1. The quantitative estimate of drug-likeness (QED) is 0.433. The zero-order chi connectivity index (χ0) is 28.7. The number of aryl methyl sites for hydroxylation is 1. The summed E-state index contributed by atoms with van der Waals surface area (Å²) in [7, 11) is 3.49. The lowest BCUT2D eigenvalue weighted by molar-refractivity contribution is -0.137. The second-order valence-electron chi connectivity index (χ2n) is 10.6. The van der Waals surface area contributed by atoms with Crippen molar-refractivity contribution in [3.63, 3.8) is 0 Å². The molecular weight excluding hydrogens is 537 g/mol. The summed E-state index contributed by atoms with van der Waals surface area (Å²) < 4.78 is 39.4. The number of hydrogen-bond acceptors (Lipinski definition) is 5. The van der Waals surface area contributed by atoms with Crippen LogP contribution >= 0.6 is 11.3 Å². The van der Waals surface area contributed by atoms with Gasteiger partial charge in [0.1, 0.15) is 11.4 Å². The van der Waals surface area contributed by atoms with Crippen molar-refractivity contribution in [3.8, 4) is 10.4 Å². The van der Waals surface area contributed by atoms with Crippen molar-refractivity contribution in [1.29, 1.82) is 0 Å². The Hall–Kier alpha value is -3.50. The predicted octanol–water partition coefficient (Wildman–Crippen LogP) is 5.40. The topological polar surface area (TPSA) is 65.0 Å². The molecule has 1 fully saturated rings. The summed E-state index contributed by atoms with van der Waals surface area (Å²) in [6, 6.07) is 15.0. The van der Waals surface area contributed by atoms with Crippen LogP contribution in [0.3, 0.4) is 0 Å². The highest BCUT2D eigenvalue weighted by atomic mass is 32.1. The number of piperidine rings is 1. The lowest BCUT2D eigenvalue weighted by Crippen LogP contribution is -2.49. The van der Waals surface area contributed by atoms with E-state index in [0.717, 1.165) is 41.1 Å². The zero-order valence-corrected chi connectivity index (χ0v) is 23.5. The molecule has 0 radical (unpaired) electrons. The minimum Gasteiger partial charge on any atom is -0.345 e. The van der Waals surface area contributed by atoms with Crippen molar-refractivity contribution in [1.82, 2.24) is 15.1 Å². The Morgan fingerprint density at radius 1 is 1.10 bits per heavy atom. The number of amidine groups is 1. The number of thiophene rings is 1. The molecule has 1 N–H and O–H groups in total. The summed E-state index contributed by atoms with van der Waals surface area (Å²) in [5.74, 6) is -0.0429. The Morgan fingerprint density at radius 3 is 2.52 bits per heavy atom. The number of nitrogens with one attached hydrogen (secondary N) is 1. The highest BCUT2D eigenvalue weighted by Gasteiger charge is 2.46. The van der Waals surface area contributed by atoms with Gasteiger partial charge < -0.3 is 15.1 Å². The molecule has 2 aromatic carbocycles. The van der Waals surface area contributed by atoms with Crippen LogP contribution < -0.4 is 5.32 Å². The minimum atomic E-state index is -4.46. The van der Waals surface area contributed by atoms with Gasteiger partial charge in [0, 0.05) is 54.6 Å². The third kappa shape index (κ3) is 5.69. The molecule has 1 saturated heterocycles. The molecule has 0 aliphatic carbocycles. The summed E-state index contributed by atoms with van der Waals surface area (Å²) in [5, 5.41) is 2.73. The fraction of sp³-hybridized carbons (Fsp3) is 0.367. The normalized spacial score (nSPS) is 17.1. The molecule has 10 heteroatoms. The number of alkyl halides is 3. The molecule has 0 saturated carbocycles. The molecule has 2 aliphatic heterocycles. The number of rotatable bonds is 6. The first-order chi connectivity index (χ1) is 18.9. The Balaban J connectivity index is 1.19. The summed E-state index contributed by atoms with van der Waals surface area (Å²) in [4.78, 5) is 36.1. The van der Waals surface area contributed by atoms with Gasteiger partial charge in [-0.2, -0.15) is 13.2 Å². The number of carbonyl (C=O) groups is 2.